The van der Waals surface area contributed by atoms with E-state index >= 15 is 0 Å². The number of fused-ring (bicyclic) bond motifs is 2. The van der Waals surface area contributed by atoms with Crippen molar-refractivity contribution >= 4 is 33.8 Å². The molecular formula is C12H13NS2. The normalized spacial score (nSPS) is 19.7. The Labute approximate surface area is 98.2 Å². The Kier molecular flexibility index (Phi) is 2.01. The fraction of sp³-hybridized carbons (Fsp3) is 0.417. The number of rotatable bonds is 0. The fourth-order valence-corrected chi connectivity index (χ4v) is 3.81. The van der Waals surface area contributed by atoms with Crippen LogP contribution in [0.2, 0.25) is 0 Å². The number of aromatic amines is 1. The zero-order valence-corrected chi connectivity index (χ0v) is 10.5. The van der Waals surface area contributed by atoms with Crippen LogP contribution in [0.25, 0.3) is 10.2 Å². The average molecular weight is 235 g/mol. The Morgan fingerprint density at radius 1 is 1.53 bits per heavy atom. The van der Waals surface area contributed by atoms with E-state index in [0.717, 1.165) is 10.9 Å². The molecule has 1 unspecified atom stereocenters. The summed E-state index contributed by atoms with van der Waals surface area (Å²) in [4.78, 5) is 4.90. The molecule has 3 heteroatoms. The van der Waals surface area contributed by atoms with Crippen molar-refractivity contribution in [2.45, 2.75) is 32.6 Å². The number of pyridine rings is 1. The number of hydrogen-bond donors (Lipinski definition) is 1. The molecule has 2 heterocycles. The highest BCUT2D eigenvalue weighted by Crippen LogP contribution is 2.36. The molecule has 0 fully saturated rings. The maximum atomic E-state index is 5.58. The molecule has 0 saturated carbocycles. The molecule has 2 aromatic heterocycles. The Morgan fingerprint density at radius 2 is 2.33 bits per heavy atom. The maximum Gasteiger partial charge on any atom is 0.0692 e. The van der Waals surface area contributed by atoms with Gasteiger partial charge in [-0.2, -0.15) is 0 Å². The van der Waals surface area contributed by atoms with Crippen LogP contribution in [0.1, 0.15) is 35.4 Å². The average Bonchev–Trinajstić information content (AvgIpc) is 2.72. The third-order valence-corrected chi connectivity index (χ3v) is 4.90. The van der Waals surface area contributed by atoms with E-state index in [1.165, 1.54) is 32.8 Å². The van der Waals surface area contributed by atoms with E-state index in [0.29, 0.717) is 5.92 Å². The molecule has 0 bridgehead atoms. The van der Waals surface area contributed by atoms with Gasteiger partial charge in [0.2, 0.25) is 0 Å². The second kappa shape index (κ2) is 3.16. The third-order valence-electron chi connectivity index (χ3n) is 3.25. The van der Waals surface area contributed by atoms with Crippen LogP contribution in [0, 0.1) is 11.4 Å². The van der Waals surface area contributed by atoms with E-state index in [-0.39, 0.29) is 0 Å². The number of thiophene rings is 1. The summed E-state index contributed by atoms with van der Waals surface area (Å²) in [5.41, 5.74) is 4.01. The summed E-state index contributed by atoms with van der Waals surface area (Å²) in [7, 11) is 0. The summed E-state index contributed by atoms with van der Waals surface area (Å²) >= 11 is 7.39. The molecule has 0 saturated heterocycles. The predicted molar refractivity (Wildman–Crippen MR) is 68.5 cm³/mol. The lowest BCUT2D eigenvalue weighted by Crippen LogP contribution is -1.92. The van der Waals surface area contributed by atoms with Crippen LogP contribution in [0.15, 0.2) is 6.07 Å². The quantitative estimate of drug-likeness (QED) is 0.672. The van der Waals surface area contributed by atoms with Crippen molar-refractivity contribution in [3.05, 3.63) is 26.7 Å². The first kappa shape index (κ1) is 9.55. The first-order chi connectivity index (χ1) is 7.16. The molecule has 0 amide bonds. The van der Waals surface area contributed by atoms with Crippen LogP contribution in [-0.4, -0.2) is 4.98 Å². The van der Waals surface area contributed by atoms with Crippen molar-refractivity contribution in [1.29, 1.82) is 0 Å². The maximum absolute atomic E-state index is 5.58. The van der Waals surface area contributed by atoms with E-state index in [9.17, 15) is 0 Å². The second-order valence-electron chi connectivity index (χ2n) is 4.39. The summed E-state index contributed by atoms with van der Waals surface area (Å²) in [6.07, 6.45) is 2.39. The zero-order valence-electron chi connectivity index (χ0n) is 8.89. The summed E-state index contributed by atoms with van der Waals surface area (Å²) in [6.45, 7) is 4.42. The Morgan fingerprint density at radius 3 is 3.13 bits per heavy atom. The lowest BCUT2D eigenvalue weighted by atomic mass is 10.1. The van der Waals surface area contributed by atoms with Gasteiger partial charge in [0.15, 0.2) is 0 Å². The van der Waals surface area contributed by atoms with Crippen LogP contribution in [-0.2, 0) is 6.42 Å². The largest absolute Gasteiger partial charge is 0.357 e. The molecular weight excluding hydrogens is 222 g/mol. The molecule has 78 valence electrons. The minimum atomic E-state index is 0.645. The van der Waals surface area contributed by atoms with Crippen LogP contribution in [0.4, 0.5) is 0 Å². The molecule has 1 N–H and O–H groups in total. The molecule has 0 spiro atoms. The Hall–Kier alpha value is -0.670. The predicted octanol–water partition coefficient (Wildman–Crippen LogP) is 4.32. The van der Waals surface area contributed by atoms with Crippen molar-refractivity contribution in [2.75, 3.05) is 0 Å². The first-order valence-electron chi connectivity index (χ1n) is 5.32. The number of H-pyrrole nitrogens is 1. The highest BCUT2D eigenvalue weighted by molar-refractivity contribution is 7.72. The Balaban J connectivity index is 2.45. The van der Waals surface area contributed by atoms with Gasteiger partial charge in [-0.1, -0.05) is 19.1 Å². The van der Waals surface area contributed by atoms with Gasteiger partial charge in [-0.15, -0.1) is 11.3 Å². The molecule has 15 heavy (non-hydrogen) atoms. The summed E-state index contributed by atoms with van der Waals surface area (Å²) in [6, 6.07) is 2.21. The molecule has 2 aromatic rings. The number of aromatic nitrogens is 1. The lowest BCUT2D eigenvalue weighted by molar-refractivity contribution is 0.733. The molecule has 3 rings (SSSR count). The third kappa shape index (κ3) is 1.30. The van der Waals surface area contributed by atoms with Crippen LogP contribution in [0.5, 0.6) is 0 Å². The van der Waals surface area contributed by atoms with Gasteiger partial charge in [-0.3, -0.25) is 0 Å². The molecule has 1 aliphatic rings. The van der Waals surface area contributed by atoms with Gasteiger partial charge in [-0.25, -0.2) is 0 Å². The SMILES string of the molecule is Cc1cc2[nH]c3c(c(=S)c2s1)CCC3C. The van der Waals surface area contributed by atoms with E-state index in [1.807, 2.05) is 11.3 Å². The minimum Gasteiger partial charge on any atom is -0.357 e. The van der Waals surface area contributed by atoms with Gasteiger partial charge in [0.05, 0.1) is 14.7 Å². The highest BCUT2D eigenvalue weighted by Gasteiger charge is 2.22. The zero-order chi connectivity index (χ0) is 10.6. The molecule has 0 radical (unpaired) electrons. The van der Waals surface area contributed by atoms with E-state index in [1.54, 1.807) is 0 Å². The molecule has 0 aromatic carbocycles. The van der Waals surface area contributed by atoms with E-state index in [2.05, 4.69) is 24.9 Å². The standard InChI is InChI=1S/C12H13NS2/c1-6-3-4-8-10(6)13-9-5-7(2)15-12(9)11(8)14/h5-6H,3-4H2,1-2H3,(H,13,14). The minimum absolute atomic E-state index is 0.645. The molecule has 1 aliphatic carbocycles. The van der Waals surface area contributed by atoms with Gasteiger partial charge >= 0.3 is 0 Å². The van der Waals surface area contributed by atoms with Gasteiger partial charge in [0.25, 0.3) is 0 Å². The number of nitrogens with one attached hydrogen (secondary N) is 1. The van der Waals surface area contributed by atoms with Crippen LogP contribution in [0.3, 0.4) is 0 Å². The lowest BCUT2D eigenvalue weighted by Gasteiger charge is -2.05. The number of hydrogen-bond acceptors (Lipinski definition) is 2. The van der Waals surface area contributed by atoms with Crippen molar-refractivity contribution in [3.8, 4) is 0 Å². The monoisotopic (exact) mass is 235 g/mol. The van der Waals surface area contributed by atoms with E-state index in [4.69, 9.17) is 12.2 Å². The van der Waals surface area contributed by atoms with Crippen molar-refractivity contribution in [1.82, 2.24) is 4.98 Å². The molecule has 1 atom stereocenters. The van der Waals surface area contributed by atoms with Crippen LogP contribution >= 0.6 is 23.6 Å². The fourth-order valence-electron chi connectivity index (χ4n) is 2.43. The first-order valence-corrected chi connectivity index (χ1v) is 6.54. The topological polar surface area (TPSA) is 15.8 Å². The Bertz CT molecular complexity index is 591. The van der Waals surface area contributed by atoms with Crippen molar-refractivity contribution in [2.24, 2.45) is 0 Å². The van der Waals surface area contributed by atoms with Gasteiger partial charge in [-0.05, 0) is 37.3 Å². The smallest absolute Gasteiger partial charge is 0.0692 e. The second-order valence-corrected chi connectivity index (χ2v) is 6.05. The van der Waals surface area contributed by atoms with Gasteiger partial charge in [0.1, 0.15) is 0 Å². The van der Waals surface area contributed by atoms with Crippen molar-refractivity contribution < 1.29 is 0 Å². The highest BCUT2D eigenvalue weighted by atomic mass is 32.1. The van der Waals surface area contributed by atoms with E-state index < -0.39 is 0 Å². The van der Waals surface area contributed by atoms with Crippen molar-refractivity contribution in [3.63, 3.8) is 0 Å². The molecule has 1 nitrogen and oxygen atoms in total. The van der Waals surface area contributed by atoms with Crippen LogP contribution < -0.4 is 0 Å². The van der Waals surface area contributed by atoms with Gasteiger partial charge < -0.3 is 4.98 Å². The summed E-state index contributed by atoms with van der Waals surface area (Å²) < 4.78 is 2.37. The van der Waals surface area contributed by atoms with Gasteiger partial charge in [0, 0.05) is 10.6 Å². The summed E-state index contributed by atoms with van der Waals surface area (Å²) in [5, 5.41) is 0. The molecule has 0 aliphatic heterocycles. The number of aryl methyl sites for hydroxylation is 1. The summed E-state index contributed by atoms with van der Waals surface area (Å²) in [5.74, 6) is 0.645.